The van der Waals surface area contributed by atoms with Crippen molar-refractivity contribution in [3.63, 3.8) is 0 Å². The maximum atomic E-state index is 13.6. The van der Waals surface area contributed by atoms with E-state index in [-0.39, 0.29) is 5.69 Å². The SMILES string of the molecule is CC(C)(C)OC(=O)/N=C(\NC(=O)OC(C)(C)C)Nc1cc(F)cc([N+](=O)[O-])c1. The van der Waals surface area contributed by atoms with Gasteiger partial charge in [-0.15, -0.1) is 4.99 Å². The van der Waals surface area contributed by atoms with Crippen LogP contribution in [0.4, 0.5) is 25.4 Å². The molecule has 11 heteroatoms. The second kappa shape index (κ2) is 8.63. The average molecular weight is 398 g/mol. The number of ether oxygens (including phenoxy) is 2. The number of guanidine groups is 1. The zero-order valence-corrected chi connectivity index (χ0v) is 16.5. The number of nitrogens with zero attached hydrogens (tertiary/aromatic N) is 2. The molecule has 154 valence electrons. The fourth-order valence-electron chi connectivity index (χ4n) is 1.75. The third kappa shape index (κ3) is 8.92. The minimum Gasteiger partial charge on any atom is -0.444 e. The van der Waals surface area contributed by atoms with Crippen LogP contribution in [0.2, 0.25) is 0 Å². The first-order chi connectivity index (χ1) is 12.6. The summed E-state index contributed by atoms with van der Waals surface area (Å²) in [6.45, 7) is 9.72. The predicted octanol–water partition coefficient (Wildman–Crippen LogP) is 3.96. The van der Waals surface area contributed by atoms with Gasteiger partial charge in [0.2, 0.25) is 5.96 Å². The highest BCUT2D eigenvalue weighted by Gasteiger charge is 2.21. The lowest BCUT2D eigenvalue weighted by molar-refractivity contribution is -0.385. The largest absolute Gasteiger partial charge is 0.444 e. The molecule has 0 radical (unpaired) electrons. The van der Waals surface area contributed by atoms with E-state index in [0.717, 1.165) is 18.2 Å². The van der Waals surface area contributed by atoms with E-state index in [1.807, 2.05) is 0 Å². The van der Waals surface area contributed by atoms with E-state index in [1.165, 1.54) is 0 Å². The number of anilines is 1. The van der Waals surface area contributed by atoms with Gasteiger partial charge in [-0.3, -0.25) is 15.4 Å². The zero-order chi connectivity index (χ0) is 21.7. The fraction of sp³-hybridized carbons (Fsp3) is 0.471. The molecule has 0 aliphatic heterocycles. The summed E-state index contributed by atoms with van der Waals surface area (Å²) < 4.78 is 23.7. The lowest BCUT2D eigenvalue weighted by atomic mass is 10.2. The van der Waals surface area contributed by atoms with Crippen LogP contribution in [0, 0.1) is 15.9 Å². The number of alkyl carbamates (subject to hydrolysis) is 1. The van der Waals surface area contributed by atoms with Crippen molar-refractivity contribution in [3.05, 3.63) is 34.1 Å². The zero-order valence-electron chi connectivity index (χ0n) is 16.5. The molecule has 10 nitrogen and oxygen atoms in total. The van der Waals surface area contributed by atoms with Gasteiger partial charge in [0.1, 0.15) is 17.0 Å². The Bertz CT molecular complexity index is 796. The van der Waals surface area contributed by atoms with E-state index in [2.05, 4.69) is 15.6 Å². The number of nitrogens with one attached hydrogen (secondary N) is 2. The molecule has 0 spiro atoms. The maximum Gasteiger partial charge on any atom is 0.437 e. The van der Waals surface area contributed by atoms with Gasteiger partial charge in [0.15, 0.2) is 0 Å². The van der Waals surface area contributed by atoms with E-state index in [9.17, 15) is 24.1 Å². The summed E-state index contributed by atoms with van der Waals surface area (Å²) in [5.74, 6) is -1.35. The van der Waals surface area contributed by atoms with Crippen LogP contribution in [0.3, 0.4) is 0 Å². The minimum absolute atomic E-state index is 0.120. The van der Waals surface area contributed by atoms with Crippen molar-refractivity contribution in [2.24, 2.45) is 4.99 Å². The number of halogens is 1. The summed E-state index contributed by atoms with van der Waals surface area (Å²) in [6, 6.07) is 2.65. The number of non-ortho nitro benzene ring substituents is 1. The molecule has 28 heavy (non-hydrogen) atoms. The molecular formula is C17H23FN4O6. The van der Waals surface area contributed by atoms with E-state index >= 15 is 0 Å². The molecule has 0 heterocycles. The second-order valence-corrected chi connectivity index (χ2v) is 7.65. The van der Waals surface area contributed by atoms with Crippen molar-refractivity contribution in [2.45, 2.75) is 52.7 Å². The molecule has 0 atom stereocenters. The van der Waals surface area contributed by atoms with Crippen LogP contribution in [0.1, 0.15) is 41.5 Å². The van der Waals surface area contributed by atoms with Gasteiger partial charge in [0.25, 0.3) is 5.69 Å². The Labute approximate surface area is 161 Å². The molecule has 0 aliphatic rings. The van der Waals surface area contributed by atoms with Gasteiger partial charge in [0, 0.05) is 6.07 Å². The average Bonchev–Trinajstić information content (AvgIpc) is 2.41. The Morgan fingerprint density at radius 3 is 2.14 bits per heavy atom. The van der Waals surface area contributed by atoms with E-state index in [1.54, 1.807) is 41.5 Å². The van der Waals surface area contributed by atoms with Crippen LogP contribution >= 0.6 is 0 Å². The van der Waals surface area contributed by atoms with Crippen LogP contribution < -0.4 is 10.6 Å². The van der Waals surface area contributed by atoms with Gasteiger partial charge in [-0.05, 0) is 47.6 Å². The lowest BCUT2D eigenvalue weighted by Gasteiger charge is -2.21. The number of rotatable bonds is 2. The van der Waals surface area contributed by atoms with Crippen molar-refractivity contribution in [2.75, 3.05) is 5.32 Å². The number of benzene rings is 1. The molecule has 0 saturated heterocycles. The van der Waals surface area contributed by atoms with Crippen molar-refractivity contribution in [1.29, 1.82) is 0 Å². The maximum absolute atomic E-state index is 13.6. The summed E-state index contributed by atoms with van der Waals surface area (Å²) >= 11 is 0. The number of carbonyl (C=O) groups excluding carboxylic acids is 2. The highest BCUT2D eigenvalue weighted by Crippen LogP contribution is 2.20. The Hall–Kier alpha value is -3.24. The predicted molar refractivity (Wildman–Crippen MR) is 99.7 cm³/mol. The molecule has 0 unspecified atom stereocenters. The normalized spacial score (nSPS) is 12.2. The molecule has 0 saturated carbocycles. The first kappa shape index (κ1) is 22.8. The standard InChI is InChI=1S/C17H23FN4O6/c1-16(2,3)27-14(23)20-13(21-15(24)28-17(4,5)6)19-11-7-10(18)8-12(9-11)22(25)26/h7-9H,1-6H3,(H2,19,20,21,23,24). The summed E-state index contributed by atoms with van der Waals surface area (Å²) in [5, 5.41) is 15.5. The first-order valence-corrected chi connectivity index (χ1v) is 8.18. The molecule has 1 rings (SSSR count). The number of nitro groups is 1. The topological polar surface area (TPSA) is 132 Å². The van der Waals surface area contributed by atoms with Crippen molar-refractivity contribution < 1.29 is 28.4 Å². The third-order valence-electron chi connectivity index (χ3n) is 2.57. The van der Waals surface area contributed by atoms with Crippen LogP contribution in [0.25, 0.3) is 0 Å². The number of nitro benzene ring substituents is 1. The number of carbonyl (C=O) groups is 2. The lowest BCUT2D eigenvalue weighted by Crippen LogP contribution is -2.40. The highest BCUT2D eigenvalue weighted by molar-refractivity contribution is 6.06. The summed E-state index contributed by atoms with van der Waals surface area (Å²) in [7, 11) is 0. The van der Waals surface area contributed by atoms with Gasteiger partial charge in [-0.2, -0.15) is 0 Å². The van der Waals surface area contributed by atoms with Crippen molar-refractivity contribution in [3.8, 4) is 0 Å². The Morgan fingerprint density at radius 2 is 1.64 bits per heavy atom. The Morgan fingerprint density at radius 1 is 1.07 bits per heavy atom. The van der Waals surface area contributed by atoms with Gasteiger partial charge in [0.05, 0.1) is 16.7 Å². The minimum atomic E-state index is -1.04. The van der Waals surface area contributed by atoms with E-state index in [0.29, 0.717) is 0 Å². The van der Waals surface area contributed by atoms with Gasteiger partial charge in [-0.1, -0.05) is 0 Å². The molecule has 0 fully saturated rings. The number of hydrogen-bond acceptors (Lipinski definition) is 6. The van der Waals surface area contributed by atoms with Gasteiger partial charge >= 0.3 is 12.2 Å². The van der Waals surface area contributed by atoms with E-state index in [4.69, 9.17) is 9.47 Å². The fourth-order valence-corrected chi connectivity index (χ4v) is 1.75. The Kier molecular flexibility index (Phi) is 7.03. The molecule has 2 amide bonds. The molecule has 0 aliphatic carbocycles. The monoisotopic (exact) mass is 398 g/mol. The number of hydrogen-bond donors (Lipinski definition) is 2. The summed E-state index contributed by atoms with van der Waals surface area (Å²) in [4.78, 5) is 37.6. The second-order valence-electron chi connectivity index (χ2n) is 7.65. The Balaban J connectivity index is 3.15. The van der Waals surface area contributed by atoms with Crippen molar-refractivity contribution in [1.82, 2.24) is 5.32 Å². The number of amides is 2. The molecule has 2 N–H and O–H groups in total. The van der Waals surface area contributed by atoms with Gasteiger partial charge < -0.3 is 14.8 Å². The molecular weight excluding hydrogens is 375 g/mol. The molecule has 0 bridgehead atoms. The van der Waals surface area contributed by atoms with Crippen LogP contribution in [0.5, 0.6) is 0 Å². The summed E-state index contributed by atoms with van der Waals surface area (Å²) in [6.07, 6.45) is -2.00. The smallest absolute Gasteiger partial charge is 0.437 e. The van der Waals surface area contributed by atoms with Crippen LogP contribution in [-0.4, -0.2) is 34.3 Å². The number of aliphatic imine (C=N–C) groups is 1. The molecule has 0 aromatic heterocycles. The molecule has 1 aromatic rings. The first-order valence-electron chi connectivity index (χ1n) is 8.18. The quantitative estimate of drug-likeness (QED) is 0.333. The molecule has 1 aromatic carbocycles. The van der Waals surface area contributed by atoms with Crippen molar-refractivity contribution >= 4 is 29.5 Å². The van der Waals surface area contributed by atoms with Crippen LogP contribution in [-0.2, 0) is 9.47 Å². The third-order valence-corrected chi connectivity index (χ3v) is 2.57. The highest BCUT2D eigenvalue weighted by atomic mass is 19.1. The summed E-state index contributed by atoms with van der Waals surface area (Å²) in [5.41, 5.74) is -2.34. The van der Waals surface area contributed by atoms with Crippen LogP contribution in [0.15, 0.2) is 23.2 Å². The van der Waals surface area contributed by atoms with E-state index < -0.39 is 45.8 Å². The van der Waals surface area contributed by atoms with Gasteiger partial charge in [-0.25, -0.2) is 14.0 Å².